The number of rotatable bonds is 6. The fourth-order valence-electron chi connectivity index (χ4n) is 1.66. The number of alkyl halides is 2. The standard InChI is InChI=1S/C12H16ClF2NO/c1-3-16-10(12(14)15)7-8-6-9(13)4-5-11(8)17-2/h4-6,10,12,16H,3,7H2,1-2H3. The summed E-state index contributed by atoms with van der Waals surface area (Å²) in [5, 5.41) is 3.27. The predicted molar refractivity (Wildman–Crippen MR) is 65.2 cm³/mol. The molecule has 1 unspecified atom stereocenters. The molecule has 0 amide bonds. The van der Waals surface area contributed by atoms with E-state index in [0.717, 1.165) is 0 Å². The zero-order chi connectivity index (χ0) is 12.8. The Balaban J connectivity index is 2.87. The smallest absolute Gasteiger partial charge is 0.254 e. The third-order valence-electron chi connectivity index (χ3n) is 2.45. The van der Waals surface area contributed by atoms with Gasteiger partial charge in [0.15, 0.2) is 0 Å². The Morgan fingerprint density at radius 1 is 1.41 bits per heavy atom. The van der Waals surface area contributed by atoms with Gasteiger partial charge in [-0.25, -0.2) is 8.78 Å². The zero-order valence-corrected chi connectivity index (χ0v) is 10.6. The monoisotopic (exact) mass is 263 g/mol. The maximum atomic E-state index is 12.8. The molecule has 0 bridgehead atoms. The zero-order valence-electron chi connectivity index (χ0n) is 9.84. The van der Waals surface area contributed by atoms with E-state index in [0.29, 0.717) is 22.9 Å². The van der Waals surface area contributed by atoms with Crippen LogP contribution in [0.2, 0.25) is 5.02 Å². The minimum atomic E-state index is -2.42. The molecule has 1 N–H and O–H groups in total. The largest absolute Gasteiger partial charge is 0.496 e. The van der Waals surface area contributed by atoms with Crippen LogP contribution in [0.25, 0.3) is 0 Å². The van der Waals surface area contributed by atoms with Crippen LogP contribution < -0.4 is 10.1 Å². The van der Waals surface area contributed by atoms with E-state index in [2.05, 4.69) is 5.32 Å². The fourth-order valence-corrected chi connectivity index (χ4v) is 1.85. The molecule has 0 heterocycles. The number of nitrogens with one attached hydrogen (secondary N) is 1. The van der Waals surface area contributed by atoms with Gasteiger partial charge in [-0.05, 0) is 36.7 Å². The average Bonchev–Trinajstić information content (AvgIpc) is 2.28. The van der Waals surface area contributed by atoms with Gasteiger partial charge in [-0.2, -0.15) is 0 Å². The number of halogens is 3. The van der Waals surface area contributed by atoms with E-state index in [-0.39, 0.29) is 6.42 Å². The van der Waals surface area contributed by atoms with Gasteiger partial charge in [-0.3, -0.25) is 0 Å². The number of benzene rings is 1. The van der Waals surface area contributed by atoms with Crippen molar-refractivity contribution >= 4 is 11.6 Å². The number of likely N-dealkylation sites (N-methyl/N-ethyl adjacent to an activating group) is 1. The van der Waals surface area contributed by atoms with Crippen molar-refractivity contribution in [2.24, 2.45) is 0 Å². The summed E-state index contributed by atoms with van der Waals surface area (Å²) in [6.07, 6.45) is -2.23. The van der Waals surface area contributed by atoms with Gasteiger partial charge in [0.25, 0.3) is 6.43 Å². The lowest BCUT2D eigenvalue weighted by molar-refractivity contribution is 0.0988. The first-order chi connectivity index (χ1) is 8.08. The highest BCUT2D eigenvalue weighted by atomic mass is 35.5. The summed E-state index contributed by atoms with van der Waals surface area (Å²) in [7, 11) is 1.51. The Morgan fingerprint density at radius 3 is 2.65 bits per heavy atom. The summed E-state index contributed by atoms with van der Waals surface area (Å²) < 4.78 is 30.7. The molecule has 1 aromatic carbocycles. The van der Waals surface area contributed by atoms with Crippen molar-refractivity contribution in [3.05, 3.63) is 28.8 Å². The Labute approximate surface area is 105 Å². The molecular weight excluding hydrogens is 248 g/mol. The summed E-state index contributed by atoms with van der Waals surface area (Å²) in [6.45, 7) is 2.29. The van der Waals surface area contributed by atoms with Gasteiger partial charge in [-0.15, -0.1) is 0 Å². The quantitative estimate of drug-likeness (QED) is 0.851. The topological polar surface area (TPSA) is 21.3 Å². The van der Waals surface area contributed by atoms with Crippen molar-refractivity contribution in [2.45, 2.75) is 25.8 Å². The van der Waals surface area contributed by atoms with Crippen molar-refractivity contribution in [2.75, 3.05) is 13.7 Å². The molecule has 0 aliphatic rings. The summed E-state index contributed by atoms with van der Waals surface area (Å²) in [4.78, 5) is 0. The minimum Gasteiger partial charge on any atom is -0.496 e. The van der Waals surface area contributed by atoms with Crippen LogP contribution in [0, 0.1) is 0 Å². The number of ether oxygens (including phenoxy) is 1. The van der Waals surface area contributed by atoms with Crippen LogP contribution in [0.3, 0.4) is 0 Å². The molecule has 0 aromatic heterocycles. The second kappa shape index (κ2) is 6.77. The molecule has 0 spiro atoms. The average molecular weight is 264 g/mol. The molecule has 2 nitrogen and oxygen atoms in total. The highest BCUT2D eigenvalue weighted by Gasteiger charge is 2.21. The fraction of sp³-hybridized carbons (Fsp3) is 0.500. The SMILES string of the molecule is CCNC(Cc1cc(Cl)ccc1OC)C(F)F. The lowest BCUT2D eigenvalue weighted by Crippen LogP contribution is -2.37. The highest BCUT2D eigenvalue weighted by Crippen LogP contribution is 2.24. The predicted octanol–water partition coefficient (Wildman–Crippen LogP) is 3.13. The van der Waals surface area contributed by atoms with E-state index < -0.39 is 12.5 Å². The Bertz CT molecular complexity index is 360. The first kappa shape index (κ1) is 14.2. The van der Waals surface area contributed by atoms with Crippen molar-refractivity contribution in [1.82, 2.24) is 5.32 Å². The normalized spacial score (nSPS) is 12.8. The molecule has 0 aliphatic carbocycles. The minimum absolute atomic E-state index is 0.190. The molecule has 5 heteroatoms. The maximum absolute atomic E-state index is 12.8. The van der Waals surface area contributed by atoms with E-state index in [4.69, 9.17) is 16.3 Å². The van der Waals surface area contributed by atoms with E-state index in [9.17, 15) is 8.78 Å². The van der Waals surface area contributed by atoms with Crippen molar-refractivity contribution < 1.29 is 13.5 Å². The van der Waals surface area contributed by atoms with Gasteiger partial charge < -0.3 is 10.1 Å². The lowest BCUT2D eigenvalue weighted by atomic mass is 10.1. The van der Waals surface area contributed by atoms with Crippen LogP contribution in [0.1, 0.15) is 12.5 Å². The molecule has 17 heavy (non-hydrogen) atoms. The number of hydrogen-bond acceptors (Lipinski definition) is 2. The molecule has 1 aromatic rings. The first-order valence-electron chi connectivity index (χ1n) is 5.42. The van der Waals surface area contributed by atoms with E-state index in [1.165, 1.54) is 7.11 Å². The summed E-state index contributed by atoms with van der Waals surface area (Å²) in [5.41, 5.74) is 0.686. The molecule has 0 fully saturated rings. The number of methoxy groups -OCH3 is 1. The lowest BCUT2D eigenvalue weighted by Gasteiger charge is -2.18. The van der Waals surface area contributed by atoms with E-state index in [1.807, 2.05) is 0 Å². The molecule has 0 saturated heterocycles. The Hall–Kier alpha value is -0.870. The second-order valence-electron chi connectivity index (χ2n) is 3.66. The molecule has 0 saturated carbocycles. The van der Waals surface area contributed by atoms with Gasteiger partial charge >= 0.3 is 0 Å². The molecular formula is C12H16ClF2NO. The van der Waals surface area contributed by atoms with Crippen LogP contribution in [-0.4, -0.2) is 26.1 Å². The molecule has 1 atom stereocenters. The van der Waals surface area contributed by atoms with Gasteiger partial charge in [-0.1, -0.05) is 18.5 Å². The van der Waals surface area contributed by atoms with Crippen molar-refractivity contribution in [3.8, 4) is 5.75 Å². The van der Waals surface area contributed by atoms with Crippen LogP contribution in [0.5, 0.6) is 5.75 Å². The number of hydrogen-bond donors (Lipinski definition) is 1. The first-order valence-corrected chi connectivity index (χ1v) is 5.80. The van der Waals surface area contributed by atoms with E-state index in [1.54, 1.807) is 25.1 Å². The summed E-state index contributed by atoms with van der Waals surface area (Å²) in [6, 6.07) is 4.14. The molecule has 0 radical (unpaired) electrons. The van der Waals surface area contributed by atoms with Gasteiger partial charge in [0.2, 0.25) is 0 Å². The van der Waals surface area contributed by atoms with Crippen LogP contribution in [0.15, 0.2) is 18.2 Å². The Morgan fingerprint density at radius 2 is 2.12 bits per heavy atom. The van der Waals surface area contributed by atoms with Gasteiger partial charge in [0.05, 0.1) is 13.2 Å². The van der Waals surface area contributed by atoms with Crippen LogP contribution >= 0.6 is 11.6 Å². The van der Waals surface area contributed by atoms with E-state index >= 15 is 0 Å². The molecule has 0 aliphatic heterocycles. The summed E-state index contributed by atoms with van der Waals surface area (Å²) >= 11 is 5.85. The Kier molecular flexibility index (Phi) is 5.65. The van der Waals surface area contributed by atoms with Crippen LogP contribution in [0.4, 0.5) is 8.78 Å². The summed E-state index contributed by atoms with van der Waals surface area (Å²) in [5.74, 6) is 0.581. The second-order valence-corrected chi connectivity index (χ2v) is 4.10. The van der Waals surface area contributed by atoms with Crippen molar-refractivity contribution in [3.63, 3.8) is 0 Å². The maximum Gasteiger partial charge on any atom is 0.254 e. The van der Waals surface area contributed by atoms with Crippen molar-refractivity contribution in [1.29, 1.82) is 0 Å². The third-order valence-corrected chi connectivity index (χ3v) is 2.69. The molecule has 1 rings (SSSR count). The molecule has 96 valence electrons. The third kappa shape index (κ3) is 4.13. The van der Waals surface area contributed by atoms with Gasteiger partial charge in [0.1, 0.15) is 5.75 Å². The highest BCUT2D eigenvalue weighted by molar-refractivity contribution is 6.30. The van der Waals surface area contributed by atoms with Crippen LogP contribution in [-0.2, 0) is 6.42 Å². The van der Waals surface area contributed by atoms with Gasteiger partial charge in [0, 0.05) is 5.02 Å².